The van der Waals surface area contributed by atoms with Crippen molar-refractivity contribution in [2.24, 2.45) is 0 Å². The summed E-state index contributed by atoms with van der Waals surface area (Å²) in [5.74, 6) is 0.171. The van der Waals surface area contributed by atoms with Gasteiger partial charge < -0.3 is 10.3 Å². The van der Waals surface area contributed by atoms with Crippen molar-refractivity contribution in [1.82, 2.24) is 15.6 Å². The van der Waals surface area contributed by atoms with Gasteiger partial charge in [0.1, 0.15) is 0 Å². The summed E-state index contributed by atoms with van der Waals surface area (Å²) < 4.78 is 0. The molecule has 1 aromatic heterocycles. The molecule has 2 atom stereocenters. The summed E-state index contributed by atoms with van der Waals surface area (Å²) in [5.41, 5.74) is 4.90. The van der Waals surface area contributed by atoms with Gasteiger partial charge in [0, 0.05) is 28.6 Å². The average Bonchev–Trinajstić information content (AvgIpc) is 3.26. The molecule has 2 saturated carbocycles. The Kier molecular flexibility index (Phi) is 5.49. The summed E-state index contributed by atoms with van der Waals surface area (Å²) in [5, 5.41) is 8.72. The topological polar surface area (TPSA) is 56.9 Å². The standard InChI is InChI=1S/C29H35N3O/c33-28(30-21-14-6-2-7-15-21)26-24(20-12-4-1-5-13-20)25-22-16-8-9-17-23(22)31-27(25)29(32-26)18-10-3-11-19-29/h1,4-5,8-9,12-13,16-17,21,24,26,31-32H,2-3,6-7,10-11,14-15,18-19H2,(H,30,33)/t24-,26-/m0/s1. The van der Waals surface area contributed by atoms with Crippen LogP contribution in [-0.2, 0) is 10.3 Å². The molecule has 2 fully saturated rings. The van der Waals surface area contributed by atoms with E-state index in [-0.39, 0.29) is 23.4 Å². The van der Waals surface area contributed by atoms with Crippen molar-refractivity contribution in [3.8, 4) is 0 Å². The molecule has 0 saturated heterocycles. The van der Waals surface area contributed by atoms with Gasteiger partial charge >= 0.3 is 0 Å². The maximum absolute atomic E-state index is 14.0. The minimum absolute atomic E-state index is 0.00603. The fraction of sp³-hybridized carbons (Fsp3) is 0.483. The highest BCUT2D eigenvalue weighted by Crippen LogP contribution is 2.49. The van der Waals surface area contributed by atoms with Crippen molar-refractivity contribution >= 4 is 16.8 Å². The van der Waals surface area contributed by atoms with Crippen LogP contribution in [0.1, 0.15) is 86.9 Å². The van der Waals surface area contributed by atoms with Gasteiger partial charge in [-0.15, -0.1) is 0 Å². The molecular weight excluding hydrogens is 406 g/mol. The maximum atomic E-state index is 14.0. The summed E-state index contributed by atoms with van der Waals surface area (Å²) in [6.07, 6.45) is 11.8. The molecule has 1 aliphatic heterocycles. The van der Waals surface area contributed by atoms with Crippen LogP contribution in [0.25, 0.3) is 10.9 Å². The minimum atomic E-state index is -0.265. The number of aromatic nitrogens is 1. The van der Waals surface area contributed by atoms with E-state index in [0.29, 0.717) is 6.04 Å². The summed E-state index contributed by atoms with van der Waals surface area (Å²) in [7, 11) is 0. The Bertz CT molecular complexity index is 1120. The molecule has 0 bridgehead atoms. The van der Waals surface area contributed by atoms with E-state index in [9.17, 15) is 4.79 Å². The number of aromatic amines is 1. The zero-order valence-electron chi connectivity index (χ0n) is 19.4. The quantitative estimate of drug-likeness (QED) is 0.475. The fourth-order valence-corrected chi connectivity index (χ4v) is 6.81. The average molecular weight is 442 g/mol. The summed E-state index contributed by atoms with van der Waals surface area (Å²) in [4.78, 5) is 17.8. The number of carbonyl (C=O) groups excluding carboxylic acids is 1. The largest absolute Gasteiger partial charge is 0.357 e. The Morgan fingerprint density at radius 2 is 1.55 bits per heavy atom. The zero-order chi connectivity index (χ0) is 22.3. The summed E-state index contributed by atoms with van der Waals surface area (Å²) in [6.45, 7) is 0. The van der Waals surface area contributed by atoms with Gasteiger partial charge in [-0.1, -0.05) is 87.1 Å². The number of hydrogen-bond donors (Lipinski definition) is 3. The second kappa shape index (κ2) is 8.64. The third kappa shape index (κ3) is 3.69. The van der Waals surface area contributed by atoms with E-state index in [0.717, 1.165) is 25.7 Å². The number of carbonyl (C=O) groups is 1. The summed E-state index contributed by atoms with van der Waals surface area (Å²) in [6, 6.07) is 19.4. The Balaban J connectivity index is 1.50. The van der Waals surface area contributed by atoms with E-state index in [1.807, 2.05) is 0 Å². The number of para-hydroxylation sites is 1. The van der Waals surface area contributed by atoms with Crippen LogP contribution in [0, 0.1) is 0 Å². The number of amides is 1. The normalized spacial score (nSPS) is 25.1. The third-order valence-electron chi connectivity index (χ3n) is 8.40. The number of fused-ring (bicyclic) bond motifs is 4. The molecule has 1 spiro atoms. The van der Waals surface area contributed by atoms with Gasteiger partial charge in [0.15, 0.2) is 0 Å². The predicted octanol–water partition coefficient (Wildman–Crippen LogP) is 5.88. The van der Waals surface area contributed by atoms with Crippen LogP contribution >= 0.6 is 0 Å². The minimum Gasteiger partial charge on any atom is -0.357 e. The van der Waals surface area contributed by atoms with Crippen molar-refractivity contribution in [3.63, 3.8) is 0 Å². The molecule has 3 aromatic rings. The Labute approximate surface area is 196 Å². The van der Waals surface area contributed by atoms with E-state index >= 15 is 0 Å². The van der Waals surface area contributed by atoms with E-state index in [4.69, 9.17) is 0 Å². The maximum Gasteiger partial charge on any atom is 0.238 e. The first-order valence-electron chi connectivity index (χ1n) is 13.0. The monoisotopic (exact) mass is 441 g/mol. The van der Waals surface area contributed by atoms with Crippen LogP contribution in [0.15, 0.2) is 54.6 Å². The number of rotatable bonds is 3. The second-order valence-electron chi connectivity index (χ2n) is 10.5. The number of benzene rings is 2. The Morgan fingerprint density at radius 3 is 2.33 bits per heavy atom. The molecule has 33 heavy (non-hydrogen) atoms. The van der Waals surface area contributed by atoms with Crippen LogP contribution in [0.5, 0.6) is 0 Å². The molecule has 3 aliphatic rings. The van der Waals surface area contributed by atoms with E-state index in [1.165, 1.54) is 66.2 Å². The van der Waals surface area contributed by atoms with Crippen LogP contribution < -0.4 is 10.6 Å². The van der Waals surface area contributed by atoms with Gasteiger partial charge in [0.2, 0.25) is 5.91 Å². The molecule has 1 amide bonds. The van der Waals surface area contributed by atoms with Crippen molar-refractivity contribution in [2.75, 3.05) is 0 Å². The van der Waals surface area contributed by atoms with Gasteiger partial charge in [0.25, 0.3) is 0 Å². The SMILES string of the molecule is O=C(NC1CCCCC1)[C@H]1NC2(CCCCC2)c2[nH]c3ccccc3c2[C@@H]1c1ccccc1. The van der Waals surface area contributed by atoms with Crippen LogP contribution in [0.3, 0.4) is 0 Å². The second-order valence-corrected chi connectivity index (χ2v) is 10.5. The first-order chi connectivity index (χ1) is 16.3. The highest BCUT2D eigenvalue weighted by atomic mass is 16.2. The molecule has 2 aliphatic carbocycles. The number of H-pyrrole nitrogens is 1. The lowest BCUT2D eigenvalue weighted by atomic mass is 9.69. The third-order valence-corrected chi connectivity index (χ3v) is 8.40. The molecule has 0 radical (unpaired) electrons. The number of nitrogens with one attached hydrogen (secondary N) is 3. The van der Waals surface area contributed by atoms with Gasteiger partial charge in [-0.2, -0.15) is 0 Å². The van der Waals surface area contributed by atoms with E-state index < -0.39 is 0 Å². The van der Waals surface area contributed by atoms with Crippen molar-refractivity contribution in [2.45, 2.75) is 87.7 Å². The molecule has 172 valence electrons. The molecule has 2 heterocycles. The molecule has 2 aromatic carbocycles. The van der Waals surface area contributed by atoms with Gasteiger partial charge in [-0.05, 0) is 42.9 Å². The van der Waals surface area contributed by atoms with Crippen molar-refractivity contribution in [3.05, 3.63) is 71.4 Å². The molecule has 4 heteroatoms. The molecule has 0 unspecified atom stereocenters. The van der Waals surface area contributed by atoms with Crippen LogP contribution in [0.4, 0.5) is 0 Å². The lowest BCUT2D eigenvalue weighted by Gasteiger charge is -2.47. The van der Waals surface area contributed by atoms with E-state index in [1.54, 1.807) is 0 Å². The highest BCUT2D eigenvalue weighted by Gasteiger charge is 2.49. The fourth-order valence-electron chi connectivity index (χ4n) is 6.81. The van der Waals surface area contributed by atoms with Crippen molar-refractivity contribution in [1.29, 1.82) is 0 Å². The lowest BCUT2D eigenvalue weighted by Crippen LogP contribution is -2.61. The highest BCUT2D eigenvalue weighted by molar-refractivity contribution is 5.91. The van der Waals surface area contributed by atoms with Crippen molar-refractivity contribution < 1.29 is 4.79 Å². The lowest BCUT2D eigenvalue weighted by molar-refractivity contribution is -0.125. The smallest absolute Gasteiger partial charge is 0.238 e. The molecule has 4 nitrogen and oxygen atoms in total. The van der Waals surface area contributed by atoms with Crippen LogP contribution in [-0.4, -0.2) is 23.0 Å². The predicted molar refractivity (Wildman–Crippen MR) is 133 cm³/mol. The van der Waals surface area contributed by atoms with Gasteiger partial charge in [0.05, 0.1) is 11.6 Å². The van der Waals surface area contributed by atoms with Crippen LogP contribution in [0.2, 0.25) is 0 Å². The number of hydrogen-bond acceptors (Lipinski definition) is 2. The van der Waals surface area contributed by atoms with Gasteiger partial charge in [-0.3, -0.25) is 10.1 Å². The molecular formula is C29H35N3O. The first-order valence-corrected chi connectivity index (χ1v) is 13.0. The molecule has 3 N–H and O–H groups in total. The van der Waals surface area contributed by atoms with E-state index in [2.05, 4.69) is 70.2 Å². The van der Waals surface area contributed by atoms with Gasteiger partial charge in [-0.25, -0.2) is 0 Å². The Hall–Kier alpha value is -2.59. The zero-order valence-corrected chi connectivity index (χ0v) is 19.4. The Morgan fingerprint density at radius 1 is 0.848 bits per heavy atom. The summed E-state index contributed by atoms with van der Waals surface area (Å²) >= 11 is 0. The first kappa shape index (κ1) is 21.0. The molecule has 6 rings (SSSR count).